The van der Waals surface area contributed by atoms with E-state index in [9.17, 15) is 8.78 Å². The first kappa shape index (κ1) is 13.2. The van der Waals surface area contributed by atoms with Crippen molar-refractivity contribution >= 4 is 12.4 Å². The van der Waals surface area contributed by atoms with Gasteiger partial charge in [0.15, 0.2) is 0 Å². The molecule has 1 aromatic carbocycles. The Balaban J connectivity index is 0.00000128. The maximum atomic E-state index is 13.5. The third-order valence-electron chi connectivity index (χ3n) is 2.68. The Morgan fingerprint density at radius 1 is 1.25 bits per heavy atom. The van der Waals surface area contributed by atoms with E-state index < -0.39 is 12.0 Å². The van der Waals surface area contributed by atoms with E-state index in [1.165, 1.54) is 24.3 Å². The molecule has 0 amide bonds. The zero-order valence-electron chi connectivity index (χ0n) is 8.62. The molecule has 1 aliphatic rings. The highest BCUT2D eigenvalue weighted by atomic mass is 35.5. The Kier molecular flexibility index (Phi) is 4.10. The van der Waals surface area contributed by atoms with Gasteiger partial charge in [-0.1, -0.05) is 12.1 Å². The van der Waals surface area contributed by atoms with Crippen LogP contribution in [-0.2, 0) is 0 Å². The molecule has 1 aliphatic heterocycles. The van der Waals surface area contributed by atoms with Gasteiger partial charge in [0.2, 0.25) is 0 Å². The highest BCUT2D eigenvalue weighted by Crippen LogP contribution is 2.38. The standard InChI is InChI=1S/C11H13F2NO.ClH/c12-11(13)6-1-7-14-10(11)8-2-4-9(15)5-3-8;/h2-5,10,14-15H,1,6-7H2;1H. The van der Waals surface area contributed by atoms with Crippen molar-refractivity contribution < 1.29 is 13.9 Å². The lowest BCUT2D eigenvalue weighted by Gasteiger charge is -2.32. The number of benzene rings is 1. The normalized spacial score (nSPS) is 23.5. The Labute approximate surface area is 99.1 Å². The second kappa shape index (κ2) is 4.97. The first-order valence-corrected chi connectivity index (χ1v) is 5.00. The summed E-state index contributed by atoms with van der Waals surface area (Å²) in [5, 5.41) is 11.9. The fraction of sp³-hybridized carbons (Fsp3) is 0.455. The van der Waals surface area contributed by atoms with Gasteiger partial charge < -0.3 is 10.4 Å². The number of phenols is 1. The number of alkyl halides is 2. The molecule has 2 N–H and O–H groups in total. The molecule has 0 aliphatic carbocycles. The van der Waals surface area contributed by atoms with Crippen LogP contribution in [0.25, 0.3) is 0 Å². The van der Waals surface area contributed by atoms with Gasteiger partial charge in [-0.3, -0.25) is 0 Å². The van der Waals surface area contributed by atoms with Crippen LogP contribution in [0.3, 0.4) is 0 Å². The second-order valence-corrected chi connectivity index (χ2v) is 3.84. The van der Waals surface area contributed by atoms with Crippen LogP contribution in [0.15, 0.2) is 24.3 Å². The third kappa shape index (κ3) is 2.62. The lowest BCUT2D eigenvalue weighted by molar-refractivity contribution is -0.0620. The van der Waals surface area contributed by atoms with E-state index in [-0.39, 0.29) is 24.6 Å². The molecule has 2 nitrogen and oxygen atoms in total. The number of hydrogen-bond acceptors (Lipinski definition) is 2. The van der Waals surface area contributed by atoms with Crippen molar-refractivity contribution in [1.82, 2.24) is 5.32 Å². The fourth-order valence-electron chi connectivity index (χ4n) is 1.89. The van der Waals surface area contributed by atoms with Crippen molar-refractivity contribution in [3.63, 3.8) is 0 Å². The molecule has 16 heavy (non-hydrogen) atoms. The van der Waals surface area contributed by atoms with Crippen molar-refractivity contribution in [1.29, 1.82) is 0 Å². The van der Waals surface area contributed by atoms with Gasteiger partial charge in [0.05, 0.1) is 6.04 Å². The highest BCUT2D eigenvalue weighted by Gasteiger charge is 2.42. The first-order chi connectivity index (χ1) is 7.09. The molecule has 1 fully saturated rings. The molecule has 2 rings (SSSR count). The molecule has 1 aromatic rings. The lowest BCUT2D eigenvalue weighted by Crippen LogP contribution is -2.42. The van der Waals surface area contributed by atoms with Crippen LogP contribution >= 0.6 is 12.4 Å². The molecule has 1 unspecified atom stereocenters. The molecule has 90 valence electrons. The van der Waals surface area contributed by atoms with Crippen molar-refractivity contribution in [2.75, 3.05) is 6.54 Å². The largest absolute Gasteiger partial charge is 0.508 e. The summed E-state index contributed by atoms with van der Waals surface area (Å²) in [6.45, 7) is 0.612. The molecule has 1 atom stereocenters. The maximum Gasteiger partial charge on any atom is 0.267 e. The van der Waals surface area contributed by atoms with E-state index in [1.54, 1.807) is 0 Å². The lowest BCUT2D eigenvalue weighted by atomic mass is 9.93. The minimum Gasteiger partial charge on any atom is -0.508 e. The summed E-state index contributed by atoms with van der Waals surface area (Å²) < 4.78 is 27.1. The van der Waals surface area contributed by atoms with Gasteiger partial charge in [0.1, 0.15) is 5.75 Å². The summed E-state index contributed by atoms with van der Waals surface area (Å²) in [6, 6.07) is 5.01. The van der Waals surface area contributed by atoms with E-state index >= 15 is 0 Å². The second-order valence-electron chi connectivity index (χ2n) is 3.84. The summed E-state index contributed by atoms with van der Waals surface area (Å²) in [6.07, 6.45) is 0.424. The van der Waals surface area contributed by atoms with E-state index in [2.05, 4.69) is 5.32 Å². The van der Waals surface area contributed by atoms with Crippen LogP contribution in [0, 0.1) is 0 Å². The zero-order chi connectivity index (χ0) is 10.9. The summed E-state index contributed by atoms with van der Waals surface area (Å²) in [4.78, 5) is 0. The molecule has 0 spiro atoms. The Morgan fingerprint density at radius 3 is 2.44 bits per heavy atom. The summed E-state index contributed by atoms with van der Waals surface area (Å²) >= 11 is 0. The molecule has 5 heteroatoms. The Hall–Kier alpha value is -0.870. The minimum absolute atomic E-state index is 0. The smallest absolute Gasteiger partial charge is 0.267 e. The van der Waals surface area contributed by atoms with E-state index in [0.717, 1.165) is 0 Å². The van der Waals surface area contributed by atoms with Gasteiger partial charge >= 0.3 is 0 Å². The quantitative estimate of drug-likeness (QED) is 0.802. The van der Waals surface area contributed by atoms with Crippen LogP contribution in [0.5, 0.6) is 5.75 Å². The van der Waals surface area contributed by atoms with Gasteiger partial charge in [-0.25, -0.2) is 8.78 Å². The van der Waals surface area contributed by atoms with Crippen LogP contribution in [0.2, 0.25) is 0 Å². The average molecular weight is 250 g/mol. The summed E-state index contributed by atoms with van der Waals surface area (Å²) in [7, 11) is 0. The maximum absolute atomic E-state index is 13.5. The molecule has 0 aromatic heterocycles. The number of halogens is 3. The summed E-state index contributed by atoms with van der Waals surface area (Å²) in [5.41, 5.74) is 0.525. The SMILES string of the molecule is Cl.Oc1ccc(C2NCCCC2(F)F)cc1. The fourth-order valence-corrected chi connectivity index (χ4v) is 1.89. The average Bonchev–Trinajstić information content (AvgIpc) is 2.19. The van der Waals surface area contributed by atoms with Gasteiger partial charge in [0, 0.05) is 6.42 Å². The first-order valence-electron chi connectivity index (χ1n) is 5.00. The monoisotopic (exact) mass is 249 g/mol. The minimum atomic E-state index is -2.70. The molecule has 0 radical (unpaired) electrons. The number of hydrogen-bond donors (Lipinski definition) is 2. The van der Waals surface area contributed by atoms with Crippen LogP contribution < -0.4 is 5.32 Å². The summed E-state index contributed by atoms with van der Waals surface area (Å²) in [5.74, 6) is -2.60. The van der Waals surface area contributed by atoms with Gasteiger partial charge in [-0.15, -0.1) is 12.4 Å². The van der Waals surface area contributed by atoms with Gasteiger partial charge in [-0.05, 0) is 30.7 Å². The third-order valence-corrected chi connectivity index (χ3v) is 2.68. The van der Waals surface area contributed by atoms with Gasteiger partial charge in [-0.2, -0.15) is 0 Å². The van der Waals surface area contributed by atoms with Crippen molar-refractivity contribution in [2.45, 2.75) is 24.8 Å². The predicted molar refractivity (Wildman–Crippen MR) is 60.3 cm³/mol. The topological polar surface area (TPSA) is 32.3 Å². The zero-order valence-corrected chi connectivity index (χ0v) is 9.44. The molecule has 1 heterocycles. The number of nitrogens with one attached hydrogen (secondary N) is 1. The number of phenolic OH excluding ortho intramolecular Hbond substituents is 1. The molecule has 0 bridgehead atoms. The van der Waals surface area contributed by atoms with Crippen LogP contribution in [0.4, 0.5) is 8.78 Å². The number of rotatable bonds is 1. The Bertz CT molecular complexity index is 342. The molecular formula is C11H14ClF2NO. The van der Waals surface area contributed by atoms with Crippen molar-refractivity contribution in [3.8, 4) is 5.75 Å². The van der Waals surface area contributed by atoms with E-state index in [4.69, 9.17) is 5.11 Å². The number of aromatic hydroxyl groups is 1. The van der Waals surface area contributed by atoms with Crippen molar-refractivity contribution in [2.24, 2.45) is 0 Å². The number of piperidine rings is 1. The van der Waals surface area contributed by atoms with Gasteiger partial charge in [0.25, 0.3) is 5.92 Å². The molecule has 0 saturated carbocycles. The van der Waals surface area contributed by atoms with E-state index in [0.29, 0.717) is 18.5 Å². The predicted octanol–water partition coefficient (Wildman–Crippen LogP) is 2.87. The highest BCUT2D eigenvalue weighted by molar-refractivity contribution is 5.85. The van der Waals surface area contributed by atoms with Crippen LogP contribution in [0.1, 0.15) is 24.4 Å². The molecular weight excluding hydrogens is 236 g/mol. The molecule has 1 saturated heterocycles. The van der Waals surface area contributed by atoms with Crippen LogP contribution in [-0.4, -0.2) is 17.6 Å². The van der Waals surface area contributed by atoms with E-state index in [1.807, 2.05) is 0 Å². The Morgan fingerprint density at radius 2 is 1.88 bits per heavy atom. The van der Waals surface area contributed by atoms with Crippen molar-refractivity contribution in [3.05, 3.63) is 29.8 Å².